The number of thiol groups is 2. The van der Waals surface area contributed by atoms with Gasteiger partial charge in [0.25, 0.3) is 0 Å². The maximum absolute atomic E-state index is 10.2. The minimum absolute atomic E-state index is 0.0389. The van der Waals surface area contributed by atoms with E-state index in [0.29, 0.717) is 0 Å². The summed E-state index contributed by atoms with van der Waals surface area (Å²) in [6, 6.07) is 0. The molecule has 5 heteroatoms. The van der Waals surface area contributed by atoms with Crippen molar-refractivity contribution in [3.8, 4) is 0 Å². The van der Waals surface area contributed by atoms with Crippen molar-refractivity contribution in [1.82, 2.24) is 0 Å². The van der Waals surface area contributed by atoms with Crippen LogP contribution in [0.4, 0.5) is 0 Å². The molecule has 0 aromatic rings. The molecule has 0 aliphatic carbocycles. The number of unbranched alkanes of at least 4 members (excludes halogenated alkanes) is 10. The smallest absolute Gasteiger partial charge is 0.127 e. The summed E-state index contributed by atoms with van der Waals surface area (Å²) in [4.78, 5) is 10.2. The summed E-state index contributed by atoms with van der Waals surface area (Å²) < 4.78 is -2.23. The van der Waals surface area contributed by atoms with Gasteiger partial charge < -0.3 is 4.89 Å². The molecule has 0 amide bonds. The van der Waals surface area contributed by atoms with Gasteiger partial charge in [0.15, 0.2) is 0 Å². The summed E-state index contributed by atoms with van der Waals surface area (Å²) in [5.41, 5.74) is 0. The van der Waals surface area contributed by atoms with Crippen molar-refractivity contribution in [1.29, 1.82) is 0 Å². The first-order valence-corrected chi connectivity index (χ1v) is 15.0. The van der Waals surface area contributed by atoms with E-state index in [1.165, 1.54) is 77.0 Å². The Morgan fingerprint density at radius 1 is 0.667 bits per heavy atom. The van der Waals surface area contributed by atoms with E-state index in [1.807, 2.05) is 0 Å². The lowest BCUT2D eigenvalue weighted by molar-refractivity contribution is 0.623. The van der Waals surface area contributed by atoms with Crippen LogP contribution >= 0.6 is 29.2 Å². The van der Waals surface area contributed by atoms with Crippen LogP contribution in [0.5, 0.6) is 0 Å². The Bertz CT molecular complexity index is 263. The highest BCUT2D eigenvalue weighted by Crippen LogP contribution is 2.56. The third kappa shape index (κ3) is 14.7. The van der Waals surface area contributed by atoms with Crippen LogP contribution in [0.15, 0.2) is 0 Å². The topological polar surface area (TPSA) is 20.2 Å². The maximum atomic E-state index is 10.2. The fraction of sp³-hybridized carbons (Fsp3) is 1.00. The Hall–Kier alpha value is 1.44. The lowest BCUT2D eigenvalue weighted by Gasteiger charge is -2.17. The molecule has 0 atom stereocenters. The van der Waals surface area contributed by atoms with Gasteiger partial charge in [-0.05, 0) is 24.3 Å². The quantitative estimate of drug-likeness (QED) is 0.173. The molecule has 0 heterocycles. The van der Waals surface area contributed by atoms with Gasteiger partial charge in [-0.3, -0.25) is 0 Å². The van der Waals surface area contributed by atoms with Crippen LogP contribution in [-0.4, -0.2) is 16.4 Å². The summed E-state index contributed by atoms with van der Waals surface area (Å²) in [6.07, 6.45) is 15.9. The monoisotopic (exact) mass is 372 g/mol. The Morgan fingerprint density at radius 3 is 1.33 bits per heavy atom. The summed E-state index contributed by atoms with van der Waals surface area (Å²) in [6.45, 7) is 4.51. The minimum atomic E-state index is -2.23. The minimum Gasteiger partial charge on any atom is -0.354 e. The first-order chi connectivity index (χ1) is 10.0. The second kappa shape index (κ2) is 15.0. The van der Waals surface area contributed by atoms with Crippen molar-refractivity contribution >= 4 is 39.2 Å². The average Bonchev–Trinajstić information content (AvgIpc) is 2.42. The number of rotatable bonds is 14. The second-order valence-corrected chi connectivity index (χ2v) is 17.9. The van der Waals surface area contributed by atoms with Crippen LogP contribution in [0.3, 0.4) is 0 Å². The van der Waals surface area contributed by atoms with E-state index in [-0.39, 0.29) is 10.1 Å². The van der Waals surface area contributed by atoms with Crippen LogP contribution in [0.1, 0.15) is 90.9 Å². The second-order valence-electron chi connectivity index (χ2n) is 5.92. The highest BCUT2D eigenvalue weighted by molar-refractivity contribution is 8.94. The Morgan fingerprint density at radius 2 is 1.00 bits per heavy atom. The van der Waals surface area contributed by atoms with Gasteiger partial charge in [-0.1, -0.05) is 78.1 Å². The molecule has 0 fully saturated rings. The summed E-state index contributed by atoms with van der Waals surface area (Å²) in [5, 5.41) is 0. The van der Waals surface area contributed by atoms with Crippen molar-refractivity contribution in [3.05, 3.63) is 0 Å². The molecule has 0 saturated heterocycles. The first kappa shape index (κ1) is 22.4. The molecular formula is C16H37OPS3. The molecule has 0 saturated carbocycles. The van der Waals surface area contributed by atoms with Gasteiger partial charge in [0.05, 0.1) is 0 Å². The highest BCUT2D eigenvalue weighted by Gasteiger charge is 2.09. The van der Waals surface area contributed by atoms with E-state index in [0.717, 1.165) is 11.5 Å². The molecule has 21 heavy (non-hydrogen) atoms. The van der Waals surface area contributed by atoms with Gasteiger partial charge in [-0.25, -0.2) is 0 Å². The molecular weight excluding hydrogens is 335 g/mol. The molecule has 0 bridgehead atoms. The Labute approximate surface area is 146 Å². The zero-order chi connectivity index (χ0) is 16.0. The fourth-order valence-corrected chi connectivity index (χ4v) is 9.40. The van der Waals surface area contributed by atoms with Crippen LogP contribution < -0.4 is 0 Å². The average molecular weight is 373 g/mol. The van der Waals surface area contributed by atoms with Gasteiger partial charge in [-0.15, -0.1) is 34.6 Å². The summed E-state index contributed by atoms with van der Waals surface area (Å²) in [7, 11) is 0.0389. The van der Waals surface area contributed by atoms with Gasteiger partial charge in [0.2, 0.25) is 0 Å². The lowest BCUT2D eigenvalue weighted by atomic mass is 10.1. The van der Waals surface area contributed by atoms with Gasteiger partial charge >= 0.3 is 0 Å². The molecule has 0 rings (SSSR count). The van der Waals surface area contributed by atoms with Crippen molar-refractivity contribution in [2.45, 2.75) is 90.9 Å². The third-order valence-electron chi connectivity index (χ3n) is 3.81. The maximum Gasteiger partial charge on any atom is 0.127 e. The highest BCUT2D eigenvalue weighted by atomic mass is 33.2. The Balaban J connectivity index is 3.86. The van der Waals surface area contributed by atoms with E-state index in [2.05, 4.69) is 38.3 Å². The number of hydrogen-bond donors (Lipinski definition) is 3. The zero-order valence-electron chi connectivity index (χ0n) is 14.1. The van der Waals surface area contributed by atoms with E-state index in [9.17, 15) is 4.89 Å². The lowest BCUT2D eigenvalue weighted by Crippen LogP contribution is -2.03. The predicted octanol–water partition coefficient (Wildman–Crippen LogP) is 6.86. The summed E-state index contributed by atoms with van der Waals surface area (Å²) in [5.74, 6) is 2.27. The van der Waals surface area contributed by atoms with Crippen LogP contribution in [0.25, 0.3) is 0 Å². The van der Waals surface area contributed by atoms with Crippen molar-refractivity contribution < 1.29 is 4.89 Å². The molecule has 0 radical (unpaired) electrons. The van der Waals surface area contributed by atoms with E-state index in [4.69, 9.17) is 0 Å². The molecule has 0 aromatic heterocycles. The van der Waals surface area contributed by atoms with E-state index in [1.54, 1.807) is 0 Å². The van der Waals surface area contributed by atoms with Gasteiger partial charge in [0.1, 0.15) is 4.67 Å². The first-order valence-electron chi connectivity index (χ1n) is 8.77. The van der Waals surface area contributed by atoms with E-state index < -0.39 is 4.67 Å². The van der Waals surface area contributed by atoms with Gasteiger partial charge in [0, 0.05) is 0 Å². The third-order valence-corrected chi connectivity index (χ3v) is 13.4. The molecule has 0 aromatic carbocycles. The van der Waals surface area contributed by atoms with Crippen LogP contribution in [0, 0.1) is 0 Å². The molecule has 1 nitrogen and oxygen atoms in total. The van der Waals surface area contributed by atoms with Gasteiger partial charge in [-0.2, -0.15) is 0 Å². The normalized spacial score (nSPS) is 12.3. The molecule has 1 N–H and O–H groups in total. The van der Waals surface area contributed by atoms with Crippen molar-refractivity contribution in [3.63, 3.8) is 0 Å². The fourth-order valence-electron chi connectivity index (χ4n) is 2.45. The van der Waals surface area contributed by atoms with Crippen LogP contribution in [-0.2, 0) is 10.1 Å². The van der Waals surface area contributed by atoms with Crippen LogP contribution in [0.2, 0.25) is 0 Å². The SMILES string of the molecule is CCCCCCCCS(CCCCCCCC)=P(O)(S)S. The standard InChI is InChI=1S/C16H37OPS3/c1-3-5-7-9-11-13-15-21(18(17,19)20)16-14-12-10-8-6-4-2/h17,19-20H,3-16H2,1-2H3. The molecule has 0 spiro atoms. The number of hydrogen-bond acceptors (Lipinski definition) is 0. The molecule has 0 unspecified atom stereocenters. The Kier molecular flexibility index (Phi) is 16.0. The van der Waals surface area contributed by atoms with Crippen molar-refractivity contribution in [2.24, 2.45) is 0 Å². The summed E-state index contributed by atoms with van der Waals surface area (Å²) >= 11 is 8.82. The zero-order valence-corrected chi connectivity index (χ0v) is 17.6. The molecule has 130 valence electrons. The molecule has 0 aliphatic rings. The van der Waals surface area contributed by atoms with Crippen molar-refractivity contribution in [2.75, 3.05) is 11.5 Å². The largest absolute Gasteiger partial charge is 0.354 e. The van der Waals surface area contributed by atoms with E-state index >= 15 is 0 Å². The predicted molar refractivity (Wildman–Crippen MR) is 111 cm³/mol. The molecule has 0 aliphatic heterocycles.